The zero-order valence-corrected chi connectivity index (χ0v) is 11.6. The van der Waals surface area contributed by atoms with Gasteiger partial charge in [-0.05, 0) is 13.3 Å². The number of fused-ring (bicyclic) bond motifs is 1. The lowest BCUT2D eigenvalue weighted by molar-refractivity contribution is -0.398. The number of halogens is 2. The second kappa shape index (κ2) is 5.53. The van der Waals surface area contributed by atoms with Crippen molar-refractivity contribution in [2.45, 2.75) is 37.4 Å². The molecule has 0 bridgehead atoms. The fourth-order valence-electron chi connectivity index (χ4n) is 2.88. The van der Waals surface area contributed by atoms with Crippen molar-refractivity contribution in [3.63, 3.8) is 0 Å². The molecule has 2 fully saturated rings. The Balaban J connectivity index is 0.00000200. The Morgan fingerprint density at radius 3 is 2.55 bits per heavy atom. The van der Waals surface area contributed by atoms with Crippen LogP contribution in [0.15, 0.2) is 0 Å². The van der Waals surface area contributed by atoms with Crippen LogP contribution in [0.2, 0.25) is 0 Å². The van der Waals surface area contributed by atoms with Crippen LogP contribution in [0.4, 0.5) is 4.39 Å². The van der Waals surface area contributed by atoms with Crippen molar-refractivity contribution in [3.8, 4) is 0 Å². The molecule has 0 saturated heterocycles. The average Bonchev–Trinajstić information content (AvgIpc) is 2.73. The summed E-state index contributed by atoms with van der Waals surface area (Å²) in [7, 11) is 0. The number of quaternary nitrogens is 1. The Hall–Kier alpha value is -1.41. The summed E-state index contributed by atoms with van der Waals surface area (Å²) in [6, 6.07) is -0.578. The van der Waals surface area contributed by atoms with E-state index in [2.05, 4.69) is 15.8 Å². The monoisotopic (exact) mass is 310 g/mol. The molecule has 0 unspecified atom stereocenters. The molecule has 0 radical (unpaired) electrons. The van der Waals surface area contributed by atoms with Crippen LogP contribution in [0.1, 0.15) is 19.8 Å². The first kappa shape index (κ1) is 16.6. The van der Waals surface area contributed by atoms with E-state index in [4.69, 9.17) is 4.74 Å². The van der Waals surface area contributed by atoms with E-state index in [1.165, 1.54) is 0 Å². The minimum Gasteiger partial charge on any atom is -1.00 e. The number of hydrogen-bond donors (Lipinski definition) is 2. The van der Waals surface area contributed by atoms with Crippen LogP contribution < -0.4 is 23.5 Å². The minimum absolute atomic E-state index is 0. The van der Waals surface area contributed by atoms with Gasteiger partial charge in [-0.1, -0.05) is 0 Å². The maximum Gasteiger partial charge on any atom is 0.295 e. The van der Waals surface area contributed by atoms with Crippen LogP contribution in [0.3, 0.4) is 0 Å². The Morgan fingerprint density at radius 1 is 1.45 bits per heavy atom. The zero-order valence-electron chi connectivity index (χ0n) is 10.8. The number of rotatable bonds is 6. The third-order valence-electron chi connectivity index (χ3n) is 3.82. The maximum atomic E-state index is 14.3. The highest BCUT2D eigenvalue weighted by atomic mass is 35.5. The summed E-state index contributed by atoms with van der Waals surface area (Å²) in [5.74, 6) is -4.04. The molecular weight excluding hydrogens is 295 g/mol. The zero-order chi connectivity index (χ0) is 14.3. The van der Waals surface area contributed by atoms with E-state index in [9.17, 15) is 18.8 Å². The standard InChI is InChI=1S/C11H15FN2O5.ClH/c1-6(13)9(17)14-10(18-4-15)3-2-7-8(10)11(7,12)19-5-16;/h4-8H,2-3,13H2,1H3,(H,14,17);1H/t6-,7-,8-,10-,11+;/m1./s1. The van der Waals surface area contributed by atoms with Gasteiger partial charge in [0.25, 0.3) is 24.7 Å². The van der Waals surface area contributed by atoms with E-state index in [-0.39, 0.29) is 31.8 Å². The number of amides is 1. The van der Waals surface area contributed by atoms with Crippen LogP contribution in [-0.4, -0.2) is 36.5 Å². The SMILES string of the molecule is C[C@@H]([NH3+])C(=O)N[C@@]1(OC=O)CC[C@@H]2[C@H]1[C@@]2(F)OC=O.[Cl-]. The molecule has 114 valence electrons. The second-order valence-electron chi connectivity index (χ2n) is 5.03. The van der Waals surface area contributed by atoms with Crippen LogP contribution >= 0.6 is 0 Å². The highest BCUT2D eigenvalue weighted by Gasteiger charge is 2.81. The molecule has 5 atom stereocenters. The fraction of sp³-hybridized carbons (Fsp3) is 0.727. The van der Waals surface area contributed by atoms with Gasteiger partial charge in [-0.3, -0.25) is 14.4 Å². The molecule has 2 aliphatic rings. The molecule has 1 amide bonds. The second-order valence-corrected chi connectivity index (χ2v) is 5.03. The average molecular weight is 311 g/mol. The summed E-state index contributed by atoms with van der Waals surface area (Å²) in [5, 5.41) is 2.51. The highest BCUT2D eigenvalue weighted by Crippen LogP contribution is 2.67. The molecule has 0 aliphatic heterocycles. The van der Waals surface area contributed by atoms with Crippen molar-refractivity contribution in [2.24, 2.45) is 11.8 Å². The number of nitrogens with one attached hydrogen (secondary N) is 1. The quantitative estimate of drug-likeness (QED) is 0.379. The van der Waals surface area contributed by atoms with E-state index in [1.54, 1.807) is 6.92 Å². The van der Waals surface area contributed by atoms with Crippen molar-refractivity contribution in [1.29, 1.82) is 0 Å². The molecule has 7 nitrogen and oxygen atoms in total. The van der Waals surface area contributed by atoms with E-state index < -0.39 is 35.4 Å². The van der Waals surface area contributed by atoms with Crippen LogP contribution in [0.5, 0.6) is 0 Å². The summed E-state index contributed by atoms with van der Waals surface area (Å²) >= 11 is 0. The number of carbonyl (C=O) groups excluding carboxylic acids is 3. The summed E-state index contributed by atoms with van der Waals surface area (Å²) in [6.45, 7) is 1.75. The molecule has 2 aliphatic carbocycles. The Kier molecular flexibility index (Phi) is 4.60. The number of alkyl halides is 1. The number of hydrogen-bond acceptors (Lipinski definition) is 5. The van der Waals surface area contributed by atoms with Crippen molar-refractivity contribution in [3.05, 3.63) is 0 Å². The maximum absolute atomic E-state index is 14.3. The van der Waals surface area contributed by atoms with E-state index >= 15 is 0 Å². The molecule has 0 aromatic heterocycles. The van der Waals surface area contributed by atoms with Gasteiger partial charge in [0, 0.05) is 12.3 Å². The number of ether oxygens (including phenoxy) is 2. The van der Waals surface area contributed by atoms with E-state index in [0.717, 1.165) is 0 Å². The minimum atomic E-state index is -2.17. The van der Waals surface area contributed by atoms with E-state index in [1.807, 2.05) is 0 Å². The van der Waals surface area contributed by atoms with Gasteiger partial charge in [-0.25, -0.2) is 0 Å². The normalized spacial score (nSPS) is 38.8. The molecular formula is C11H16ClFN2O5. The third kappa shape index (κ3) is 2.33. The van der Waals surface area contributed by atoms with Gasteiger partial charge in [-0.2, -0.15) is 4.39 Å². The smallest absolute Gasteiger partial charge is 0.295 e. The van der Waals surface area contributed by atoms with Crippen molar-refractivity contribution >= 4 is 18.9 Å². The lowest BCUT2D eigenvalue weighted by Crippen LogP contribution is -3.00. The fourth-order valence-corrected chi connectivity index (χ4v) is 2.88. The Labute approximate surface area is 120 Å². The first-order valence-electron chi connectivity index (χ1n) is 5.98. The Morgan fingerprint density at radius 2 is 2.05 bits per heavy atom. The first-order chi connectivity index (χ1) is 8.91. The number of carbonyl (C=O) groups is 3. The van der Waals surface area contributed by atoms with Crippen molar-refractivity contribution < 1.29 is 46.4 Å². The van der Waals surface area contributed by atoms with Gasteiger partial charge in [0.2, 0.25) is 0 Å². The van der Waals surface area contributed by atoms with E-state index in [0.29, 0.717) is 6.42 Å². The van der Waals surface area contributed by atoms with Crippen LogP contribution in [0.25, 0.3) is 0 Å². The molecule has 20 heavy (non-hydrogen) atoms. The molecule has 0 heterocycles. The first-order valence-corrected chi connectivity index (χ1v) is 5.98. The van der Waals surface area contributed by atoms with Gasteiger partial charge >= 0.3 is 0 Å². The molecule has 0 aromatic carbocycles. The lowest BCUT2D eigenvalue weighted by Gasteiger charge is -2.31. The Bertz CT molecular complexity index is 424. The molecule has 0 aromatic rings. The summed E-state index contributed by atoms with van der Waals surface area (Å²) in [4.78, 5) is 32.7. The largest absolute Gasteiger partial charge is 1.00 e. The highest BCUT2D eigenvalue weighted by molar-refractivity contribution is 5.80. The van der Waals surface area contributed by atoms with Crippen molar-refractivity contribution in [2.75, 3.05) is 0 Å². The van der Waals surface area contributed by atoms with Gasteiger partial charge < -0.3 is 32.9 Å². The molecule has 9 heteroatoms. The van der Waals surface area contributed by atoms with Crippen LogP contribution in [0, 0.1) is 11.8 Å². The third-order valence-corrected chi connectivity index (χ3v) is 3.82. The summed E-state index contributed by atoms with van der Waals surface area (Å²) in [5.41, 5.74) is 2.09. The van der Waals surface area contributed by atoms with Gasteiger partial charge in [0.15, 0.2) is 11.8 Å². The lowest BCUT2D eigenvalue weighted by atomic mass is 10.1. The predicted molar refractivity (Wildman–Crippen MR) is 57.6 cm³/mol. The van der Waals surface area contributed by atoms with Crippen molar-refractivity contribution in [1.82, 2.24) is 5.32 Å². The molecule has 2 rings (SSSR count). The molecule has 4 N–H and O–H groups in total. The molecule has 0 spiro atoms. The summed E-state index contributed by atoms with van der Waals surface area (Å²) < 4.78 is 23.6. The van der Waals surface area contributed by atoms with Crippen LogP contribution in [-0.2, 0) is 23.9 Å². The summed E-state index contributed by atoms with van der Waals surface area (Å²) in [6.07, 6.45) is 0.641. The predicted octanol–water partition coefficient (Wildman–Crippen LogP) is -4.52. The van der Waals surface area contributed by atoms with Gasteiger partial charge in [-0.15, -0.1) is 0 Å². The van der Waals surface area contributed by atoms with Gasteiger partial charge in [0.1, 0.15) is 0 Å². The van der Waals surface area contributed by atoms with Gasteiger partial charge in [0.05, 0.1) is 5.92 Å². The molecule has 2 saturated carbocycles. The topological polar surface area (TPSA) is 109 Å².